The molecule has 0 radical (unpaired) electrons. The summed E-state index contributed by atoms with van der Waals surface area (Å²) in [5.74, 6) is 0.986. The van der Waals surface area contributed by atoms with E-state index in [1.165, 1.54) is 42.1 Å². The predicted molar refractivity (Wildman–Crippen MR) is 92.6 cm³/mol. The van der Waals surface area contributed by atoms with Crippen LogP contribution in [0.5, 0.6) is 5.88 Å². The molecule has 2 nitrogen and oxygen atoms in total. The first-order valence-electron chi connectivity index (χ1n) is 8.52. The van der Waals surface area contributed by atoms with E-state index in [1.54, 1.807) is 0 Å². The fraction of sp³-hybridized carbons (Fsp3) is 0.286. The number of ether oxygens (including phenoxy) is 1. The van der Waals surface area contributed by atoms with Crippen LogP contribution in [0, 0.1) is 0 Å². The van der Waals surface area contributed by atoms with Crippen LogP contribution in [-0.2, 0) is 6.54 Å². The Bertz CT molecular complexity index is 791. The van der Waals surface area contributed by atoms with Crippen molar-refractivity contribution in [3.63, 3.8) is 0 Å². The van der Waals surface area contributed by atoms with Crippen molar-refractivity contribution in [3.8, 4) is 5.88 Å². The van der Waals surface area contributed by atoms with Crippen molar-refractivity contribution in [1.82, 2.24) is 0 Å². The smallest absolute Gasteiger partial charge is 0.368 e. The third-order valence-electron chi connectivity index (χ3n) is 4.67. The summed E-state index contributed by atoms with van der Waals surface area (Å²) < 4.78 is 8.66. The molecule has 2 heteroatoms. The second kappa shape index (κ2) is 6.41. The van der Waals surface area contributed by atoms with Crippen LogP contribution < -0.4 is 9.30 Å². The SMILES string of the molecule is c1ccc(C[n+]2c(OC3CCCC3)ccc3ccccc32)cc1. The molecule has 0 atom stereocenters. The molecule has 0 aliphatic heterocycles. The third kappa shape index (κ3) is 3.07. The molecule has 0 saturated heterocycles. The van der Waals surface area contributed by atoms with Crippen LogP contribution >= 0.6 is 0 Å². The molecule has 4 rings (SSSR count). The zero-order chi connectivity index (χ0) is 15.5. The van der Waals surface area contributed by atoms with Crippen LogP contribution in [0.1, 0.15) is 31.2 Å². The first-order chi connectivity index (χ1) is 11.4. The number of rotatable bonds is 4. The standard InChI is InChI=1S/C21H22NO/c1-2-8-17(9-3-1)16-22-20-13-7-4-10-18(20)14-15-21(22)23-19-11-5-6-12-19/h1-4,7-10,13-15,19H,5-6,11-12,16H2/q+1. The third-order valence-corrected chi connectivity index (χ3v) is 4.67. The van der Waals surface area contributed by atoms with Gasteiger partial charge in [-0.1, -0.05) is 42.5 Å². The summed E-state index contributed by atoms with van der Waals surface area (Å²) >= 11 is 0. The summed E-state index contributed by atoms with van der Waals surface area (Å²) in [6.45, 7) is 0.838. The molecule has 1 saturated carbocycles. The Morgan fingerprint density at radius 2 is 1.57 bits per heavy atom. The van der Waals surface area contributed by atoms with Gasteiger partial charge in [-0.05, 0) is 37.8 Å². The average Bonchev–Trinajstić information content (AvgIpc) is 3.11. The highest BCUT2D eigenvalue weighted by Crippen LogP contribution is 2.24. The van der Waals surface area contributed by atoms with Crippen LogP contribution in [0.15, 0.2) is 66.7 Å². The van der Waals surface area contributed by atoms with Crippen molar-refractivity contribution in [2.24, 2.45) is 0 Å². The van der Waals surface area contributed by atoms with Gasteiger partial charge in [-0.15, -0.1) is 0 Å². The molecule has 0 N–H and O–H groups in total. The first kappa shape index (κ1) is 14.3. The van der Waals surface area contributed by atoms with E-state index in [1.807, 2.05) is 0 Å². The largest absolute Gasteiger partial charge is 0.441 e. The Morgan fingerprint density at radius 3 is 2.39 bits per heavy atom. The van der Waals surface area contributed by atoms with Crippen LogP contribution in [0.25, 0.3) is 10.9 Å². The topological polar surface area (TPSA) is 13.1 Å². The molecule has 0 unspecified atom stereocenters. The lowest BCUT2D eigenvalue weighted by Crippen LogP contribution is -2.38. The first-order valence-corrected chi connectivity index (χ1v) is 8.52. The van der Waals surface area contributed by atoms with Gasteiger partial charge < -0.3 is 4.74 Å². The van der Waals surface area contributed by atoms with E-state index >= 15 is 0 Å². The number of nitrogens with zero attached hydrogens (tertiary/aromatic N) is 1. The minimum Gasteiger partial charge on any atom is -0.441 e. The van der Waals surface area contributed by atoms with Gasteiger partial charge in [0.05, 0.1) is 6.07 Å². The molecule has 0 spiro atoms. The van der Waals surface area contributed by atoms with Crippen LogP contribution in [0.4, 0.5) is 0 Å². The van der Waals surface area contributed by atoms with Crippen molar-refractivity contribution < 1.29 is 9.30 Å². The Morgan fingerprint density at radius 1 is 0.826 bits per heavy atom. The predicted octanol–water partition coefficient (Wildman–Crippen LogP) is 4.50. The second-order valence-electron chi connectivity index (χ2n) is 6.33. The van der Waals surface area contributed by atoms with Gasteiger partial charge in [0.15, 0.2) is 6.54 Å². The average molecular weight is 304 g/mol. The highest BCUT2D eigenvalue weighted by Gasteiger charge is 2.23. The van der Waals surface area contributed by atoms with Gasteiger partial charge in [0.25, 0.3) is 0 Å². The van der Waals surface area contributed by atoms with Gasteiger partial charge in [0, 0.05) is 17.0 Å². The van der Waals surface area contributed by atoms with E-state index in [4.69, 9.17) is 4.74 Å². The monoisotopic (exact) mass is 304 g/mol. The highest BCUT2D eigenvalue weighted by molar-refractivity contribution is 5.75. The number of fused-ring (bicyclic) bond motifs is 1. The fourth-order valence-corrected chi connectivity index (χ4v) is 3.45. The van der Waals surface area contributed by atoms with E-state index in [0.717, 1.165) is 12.4 Å². The molecule has 1 heterocycles. The normalized spacial score (nSPS) is 15.1. The lowest BCUT2D eigenvalue weighted by atomic mass is 10.2. The Labute approximate surface area is 137 Å². The summed E-state index contributed by atoms with van der Waals surface area (Å²) in [5.41, 5.74) is 2.52. The molecular weight excluding hydrogens is 282 g/mol. The van der Waals surface area contributed by atoms with Gasteiger partial charge in [-0.3, -0.25) is 0 Å². The summed E-state index contributed by atoms with van der Waals surface area (Å²) in [7, 11) is 0. The summed E-state index contributed by atoms with van der Waals surface area (Å²) in [6, 6.07) is 23.4. The molecule has 0 bridgehead atoms. The molecule has 116 valence electrons. The maximum atomic E-state index is 6.35. The molecule has 3 aromatic rings. The van der Waals surface area contributed by atoms with Gasteiger partial charge >= 0.3 is 5.88 Å². The van der Waals surface area contributed by atoms with Crippen molar-refractivity contribution in [1.29, 1.82) is 0 Å². The Hall–Kier alpha value is -2.35. The van der Waals surface area contributed by atoms with E-state index < -0.39 is 0 Å². The maximum Gasteiger partial charge on any atom is 0.368 e. The number of hydrogen-bond acceptors (Lipinski definition) is 1. The zero-order valence-electron chi connectivity index (χ0n) is 13.3. The van der Waals surface area contributed by atoms with E-state index in [2.05, 4.69) is 71.3 Å². The summed E-state index contributed by atoms with van der Waals surface area (Å²) in [4.78, 5) is 0. The van der Waals surface area contributed by atoms with Crippen LogP contribution in [0.3, 0.4) is 0 Å². The van der Waals surface area contributed by atoms with E-state index in [0.29, 0.717) is 6.10 Å². The Kier molecular flexibility index (Phi) is 3.97. The number of hydrogen-bond donors (Lipinski definition) is 0. The van der Waals surface area contributed by atoms with Crippen molar-refractivity contribution >= 4 is 10.9 Å². The van der Waals surface area contributed by atoms with Crippen molar-refractivity contribution in [3.05, 3.63) is 72.3 Å². The summed E-state index contributed by atoms with van der Waals surface area (Å²) in [6.07, 6.45) is 5.31. The number of aromatic nitrogens is 1. The summed E-state index contributed by atoms with van der Waals surface area (Å²) in [5, 5.41) is 1.25. The molecule has 0 amide bonds. The molecular formula is C21H22NO+. The van der Waals surface area contributed by atoms with Gasteiger partial charge in [0.1, 0.15) is 6.10 Å². The minimum atomic E-state index is 0.373. The fourth-order valence-electron chi connectivity index (χ4n) is 3.45. The molecule has 2 aromatic carbocycles. The minimum absolute atomic E-state index is 0.373. The second-order valence-corrected chi connectivity index (χ2v) is 6.33. The van der Waals surface area contributed by atoms with E-state index in [9.17, 15) is 0 Å². The van der Waals surface area contributed by atoms with E-state index in [-0.39, 0.29) is 0 Å². The molecule has 1 fully saturated rings. The number of benzene rings is 2. The molecule has 1 aliphatic rings. The maximum absolute atomic E-state index is 6.35. The Balaban J connectivity index is 1.76. The van der Waals surface area contributed by atoms with Gasteiger partial charge in [-0.2, -0.15) is 4.57 Å². The number of pyridine rings is 1. The molecule has 1 aliphatic carbocycles. The highest BCUT2D eigenvalue weighted by atomic mass is 16.5. The lowest BCUT2D eigenvalue weighted by Gasteiger charge is -2.13. The van der Waals surface area contributed by atoms with Crippen LogP contribution in [0.2, 0.25) is 0 Å². The molecule has 1 aromatic heterocycles. The van der Waals surface area contributed by atoms with Gasteiger partial charge in [-0.25, -0.2) is 0 Å². The zero-order valence-corrected chi connectivity index (χ0v) is 13.3. The van der Waals surface area contributed by atoms with Crippen LogP contribution in [-0.4, -0.2) is 6.10 Å². The van der Waals surface area contributed by atoms with Gasteiger partial charge in [0.2, 0.25) is 5.52 Å². The van der Waals surface area contributed by atoms with Crippen molar-refractivity contribution in [2.45, 2.75) is 38.3 Å². The molecule has 23 heavy (non-hydrogen) atoms. The number of para-hydroxylation sites is 1. The quantitative estimate of drug-likeness (QED) is 0.647. The lowest BCUT2D eigenvalue weighted by molar-refractivity contribution is -0.669. The van der Waals surface area contributed by atoms with Crippen molar-refractivity contribution in [2.75, 3.05) is 0 Å².